The van der Waals surface area contributed by atoms with Crippen LogP contribution in [0.4, 0.5) is 15.3 Å². The number of urea groups is 2. The van der Waals surface area contributed by atoms with Crippen molar-refractivity contribution in [3.63, 3.8) is 0 Å². The molecule has 2 fully saturated rings. The van der Waals surface area contributed by atoms with E-state index in [0.29, 0.717) is 13.1 Å². The highest BCUT2D eigenvalue weighted by molar-refractivity contribution is 5.89. The molecule has 2 aliphatic rings. The molecule has 2 N–H and O–H groups in total. The van der Waals surface area contributed by atoms with Crippen LogP contribution in [-0.2, 0) is 6.42 Å². The van der Waals surface area contributed by atoms with Gasteiger partial charge in [0.2, 0.25) is 0 Å². The first-order valence-corrected chi connectivity index (χ1v) is 11.4. The van der Waals surface area contributed by atoms with Gasteiger partial charge < -0.3 is 20.4 Å². The number of nitrogens with one attached hydrogen (secondary N) is 2. The molecule has 0 aromatic heterocycles. The minimum atomic E-state index is -0.230. The Hall–Kier alpha value is -3.02. The van der Waals surface area contributed by atoms with Crippen molar-refractivity contribution in [1.82, 2.24) is 15.1 Å². The van der Waals surface area contributed by atoms with Crippen LogP contribution in [0.15, 0.2) is 54.6 Å². The Labute approximate surface area is 184 Å². The van der Waals surface area contributed by atoms with E-state index in [1.165, 1.54) is 11.1 Å². The second-order valence-corrected chi connectivity index (χ2v) is 8.57. The zero-order valence-electron chi connectivity index (χ0n) is 18.2. The van der Waals surface area contributed by atoms with Crippen LogP contribution in [0.25, 0.3) is 0 Å². The van der Waals surface area contributed by atoms with E-state index in [9.17, 15) is 9.59 Å². The molecule has 164 valence electrons. The Balaban J connectivity index is 1.47. The highest BCUT2D eigenvalue weighted by Gasteiger charge is 2.34. The molecule has 0 spiro atoms. The van der Waals surface area contributed by atoms with Gasteiger partial charge in [-0.2, -0.15) is 0 Å². The van der Waals surface area contributed by atoms with E-state index in [-0.39, 0.29) is 24.0 Å². The van der Waals surface area contributed by atoms with Crippen molar-refractivity contribution in [3.05, 3.63) is 65.7 Å². The van der Waals surface area contributed by atoms with Gasteiger partial charge >= 0.3 is 12.1 Å². The lowest BCUT2D eigenvalue weighted by Gasteiger charge is -2.40. The highest BCUT2D eigenvalue weighted by Crippen LogP contribution is 2.29. The van der Waals surface area contributed by atoms with Crippen LogP contribution in [0.3, 0.4) is 0 Å². The molecule has 31 heavy (non-hydrogen) atoms. The predicted molar refractivity (Wildman–Crippen MR) is 123 cm³/mol. The topological polar surface area (TPSA) is 64.7 Å². The Morgan fingerprint density at radius 2 is 1.65 bits per heavy atom. The lowest BCUT2D eigenvalue weighted by molar-refractivity contribution is 0.136. The van der Waals surface area contributed by atoms with Crippen LogP contribution in [0.5, 0.6) is 0 Å². The van der Waals surface area contributed by atoms with Crippen LogP contribution in [0.1, 0.15) is 43.2 Å². The zero-order chi connectivity index (χ0) is 21.6. The van der Waals surface area contributed by atoms with Gasteiger partial charge in [0.05, 0.1) is 0 Å². The largest absolute Gasteiger partial charge is 0.333 e. The first-order chi connectivity index (χ1) is 15.1. The quantitative estimate of drug-likeness (QED) is 0.768. The number of carbonyl (C=O) groups excluding carboxylic acids is 2. The third-order valence-corrected chi connectivity index (χ3v) is 6.32. The molecule has 4 amide bonds. The molecule has 0 radical (unpaired) electrons. The second-order valence-electron chi connectivity index (χ2n) is 8.57. The van der Waals surface area contributed by atoms with Crippen molar-refractivity contribution in [3.8, 4) is 0 Å². The van der Waals surface area contributed by atoms with Crippen LogP contribution >= 0.6 is 0 Å². The Morgan fingerprint density at radius 3 is 2.32 bits per heavy atom. The van der Waals surface area contributed by atoms with Crippen LogP contribution in [-0.4, -0.2) is 54.1 Å². The number of rotatable bonds is 4. The van der Waals surface area contributed by atoms with Gasteiger partial charge in [0.1, 0.15) is 0 Å². The molecule has 6 nitrogen and oxygen atoms in total. The van der Waals surface area contributed by atoms with E-state index < -0.39 is 0 Å². The second kappa shape index (κ2) is 9.86. The van der Waals surface area contributed by atoms with Crippen molar-refractivity contribution in [2.24, 2.45) is 0 Å². The number of likely N-dealkylation sites (tertiary alicyclic amines) is 2. The average molecular weight is 421 g/mol. The van der Waals surface area contributed by atoms with Crippen molar-refractivity contribution < 1.29 is 9.59 Å². The third-order valence-electron chi connectivity index (χ3n) is 6.32. The first kappa shape index (κ1) is 21.2. The fourth-order valence-corrected chi connectivity index (χ4v) is 4.61. The molecule has 2 heterocycles. The smallest absolute Gasteiger partial charge is 0.320 e. The molecule has 2 aromatic carbocycles. The van der Waals surface area contributed by atoms with E-state index in [2.05, 4.69) is 41.8 Å². The molecular formula is C25H32N4O2. The van der Waals surface area contributed by atoms with Gasteiger partial charge in [0.25, 0.3) is 0 Å². The first-order valence-electron chi connectivity index (χ1n) is 11.4. The Bertz CT molecular complexity index is 878. The molecule has 2 atom stereocenters. The molecule has 4 rings (SSSR count). The minimum Gasteiger partial charge on any atom is -0.333 e. The normalized spacial score (nSPS) is 21.1. The maximum atomic E-state index is 13.1. The van der Waals surface area contributed by atoms with Gasteiger partial charge in [-0.1, -0.05) is 49.4 Å². The summed E-state index contributed by atoms with van der Waals surface area (Å²) in [6, 6.07) is 17.9. The molecule has 0 aliphatic carbocycles. The molecule has 0 bridgehead atoms. The van der Waals surface area contributed by atoms with Gasteiger partial charge in [-0.05, 0) is 48.9 Å². The number of benzene rings is 2. The number of nitrogens with zero attached hydrogens (tertiary/aromatic N) is 2. The molecule has 2 unspecified atom stereocenters. The van der Waals surface area contributed by atoms with Gasteiger partial charge in [0.15, 0.2) is 0 Å². The number of hydrogen-bond acceptors (Lipinski definition) is 2. The number of hydrogen-bond donors (Lipinski definition) is 2. The lowest BCUT2D eigenvalue weighted by Crippen LogP contribution is -2.55. The summed E-state index contributed by atoms with van der Waals surface area (Å²) in [6.07, 6.45) is 3.97. The Morgan fingerprint density at radius 1 is 0.935 bits per heavy atom. The average Bonchev–Trinajstić information content (AvgIpc) is 3.34. The van der Waals surface area contributed by atoms with Gasteiger partial charge in [0, 0.05) is 43.8 Å². The fourth-order valence-electron chi connectivity index (χ4n) is 4.61. The van der Waals surface area contributed by atoms with E-state index in [0.717, 1.165) is 44.5 Å². The summed E-state index contributed by atoms with van der Waals surface area (Å²) >= 11 is 0. The summed E-state index contributed by atoms with van der Waals surface area (Å²) in [5.41, 5.74) is 3.29. The number of aryl methyl sites for hydroxylation is 1. The van der Waals surface area contributed by atoms with Crippen LogP contribution in [0.2, 0.25) is 0 Å². The molecule has 2 aliphatic heterocycles. The molecule has 6 heteroatoms. The maximum Gasteiger partial charge on any atom is 0.320 e. The molecule has 2 aromatic rings. The summed E-state index contributed by atoms with van der Waals surface area (Å²) in [5, 5.41) is 6.00. The van der Waals surface area contributed by atoms with E-state index in [4.69, 9.17) is 0 Å². The van der Waals surface area contributed by atoms with Gasteiger partial charge in [-0.25, -0.2) is 9.59 Å². The number of carbonyl (C=O) groups is 2. The summed E-state index contributed by atoms with van der Waals surface area (Å²) in [7, 11) is 0. The van der Waals surface area contributed by atoms with Crippen molar-refractivity contribution in [2.75, 3.05) is 31.5 Å². The van der Waals surface area contributed by atoms with Crippen molar-refractivity contribution in [2.45, 2.75) is 44.6 Å². The van der Waals surface area contributed by atoms with Crippen LogP contribution in [0, 0.1) is 0 Å². The van der Waals surface area contributed by atoms with Crippen LogP contribution < -0.4 is 10.6 Å². The number of amides is 4. The standard InChI is InChI=1S/C25H32N4O2/c1-2-19-10-12-20(13-11-19)21-16-23(27-24(30)26-22-8-4-3-5-9-22)18-29(17-21)25(31)28-14-6-7-15-28/h3-5,8-13,21,23H,2,6-7,14-18H2,1H3,(H2,26,27,30). The number of piperidine rings is 1. The summed E-state index contributed by atoms with van der Waals surface area (Å²) in [4.78, 5) is 29.6. The SMILES string of the molecule is CCc1ccc(C2CC(NC(=O)Nc3ccccc3)CN(C(=O)N3CCCC3)C2)cc1. The summed E-state index contributed by atoms with van der Waals surface area (Å²) in [5.74, 6) is 0.202. The van der Waals surface area contributed by atoms with Crippen molar-refractivity contribution >= 4 is 17.7 Å². The molecular weight excluding hydrogens is 388 g/mol. The zero-order valence-corrected chi connectivity index (χ0v) is 18.2. The van der Waals surface area contributed by atoms with E-state index in [1.807, 2.05) is 40.1 Å². The van der Waals surface area contributed by atoms with Gasteiger partial charge in [-0.15, -0.1) is 0 Å². The number of anilines is 1. The lowest BCUT2D eigenvalue weighted by atomic mass is 9.87. The monoisotopic (exact) mass is 420 g/mol. The maximum absolute atomic E-state index is 13.1. The third kappa shape index (κ3) is 5.37. The van der Waals surface area contributed by atoms with E-state index >= 15 is 0 Å². The molecule has 0 saturated carbocycles. The molecule has 2 saturated heterocycles. The van der Waals surface area contributed by atoms with E-state index in [1.54, 1.807) is 0 Å². The summed E-state index contributed by atoms with van der Waals surface area (Å²) < 4.78 is 0. The minimum absolute atomic E-state index is 0.0973. The fraction of sp³-hybridized carbons (Fsp3) is 0.440. The van der Waals surface area contributed by atoms with Crippen molar-refractivity contribution in [1.29, 1.82) is 0 Å². The Kier molecular flexibility index (Phi) is 6.75. The highest BCUT2D eigenvalue weighted by atomic mass is 16.2. The predicted octanol–water partition coefficient (Wildman–Crippen LogP) is 4.44. The van der Waals surface area contributed by atoms with Gasteiger partial charge in [-0.3, -0.25) is 0 Å². The number of para-hydroxylation sites is 1. The summed E-state index contributed by atoms with van der Waals surface area (Å²) in [6.45, 7) is 5.05.